The van der Waals surface area contributed by atoms with E-state index in [1.807, 2.05) is 42.2 Å². The number of hydrogen-bond acceptors (Lipinski definition) is 3. The molecule has 3 aromatic rings. The van der Waals surface area contributed by atoms with Gasteiger partial charge in [-0.2, -0.15) is 5.10 Å². The summed E-state index contributed by atoms with van der Waals surface area (Å²) in [5.74, 6) is 0.778. The Kier molecular flexibility index (Phi) is 4.63. The first-order valence-electron chi connectivity index (χ1n) is 10.2. The molecule has 0 spiro atoms. The van der Waals surface area contributed by atoms with Crippen molar-refractivity contribution in [3.63, 3.8) is 0 Å². The second-order valence-electron chi connectivity index (χ2n) is 8.16. The zero-order chi connectivity index (χ0) is 20.0. The summed E-state index contributed by atoms with van der Waals surface area (Å²) in [5.41, 5.74) is 5.47. The van der Waals surface area contributed by atoms with Crippen LogP contribution in [-0.4, -0.2) is 32.6 Å². The highest BCUT2D eigenvalue weighted by Gasteiger charge is 2.25. The number of pyridine rings is 1. The number of halogens is 1. The minimum Gasteiger partial charge on any atom is -0.337 e. The van der Waals surface area contributed by atoms with Crippen LogP contribution in [0.2, 0.25) is 5.15 Å². The first-order chi connectivity index (χ1) is 14.1. The van der Waals surface area contributed by atoms with Crippen molar-refractivity contribution in [2.75, 3.05) is 7.05 Å². The Morgan fingerprint density at radius 1 is 1.10 bits per heavy atom. The van der Waals surface area contributed by atoms with Gasteiger partial charge in [-0.25, -0.2) is 4.98 Å². The lowest BCUT2D eigenvalue weighted by molar-refractivity contribution is 0.0816. The van der Waals surface area contributed by atoms with E-state index < -0.39 is 0 Å². The number of carbonyl (C=O) groups is 1. The first kappa shape index (κ1) is 18.4. The van der Waals surface area contributed by atoms with Crippen LogP contribution in [-0.2, 0) is 13.1 Å². The smallest absolute Gasteiger partial charge is 0.254 e. The number of rotatable bonds is 4. The summed E-state index contributed by atoms with van der Waals surface area (Å²) in [6.07, 6.45) is 9.24. The SMILES string of the molecule is CN1Cc2ccc(-c3nc(Cl)ccc3-c3cnn(CC4CCCC4)c3)cc2C1=O. The van der Waals surface area contributed by atoms with Crippen LogP contribution in [0.4, 0.5) is 0 Å². The fraction of sp³-hybridized carbons (Fsp3) is 0.348. The Labute approximate surface area is 175 Å². The highest BCUT2D eigenvalue weighted by molar-refractivity contribution is 6.29. The third kappa shape index (κ3) is 3.44. The predicted octanol–water partition coefficient (Wildman–Crippen LogP) is 5.04. The normalized spacial score (nSPS) is 16.6. The molecule has 0 saturated heterocycles. The van der Waals surface area contributed by atoms with Gasteiger partial charge in [-0.05, 0) is 42.5 Å². The summed E-state index contributed by atoms with van der Waals surface area (Å²) in [6.45, 7) is 1.62. The summed E-state index contributed by atoms with van der Waals surface area (Å²) in [7, 11) is 1.82. The van der Waals surface area contributed by atoms with Gasteiger partial charge >= 0.3 is 0 Å². The Balaban J connectivity index is 1.52. The number of nitrogens with zero attached hydrogens (tertiary/aromatic N) is 4. The molecule has 1 aliphatic heterocycles. The molecular weight excluding hydrogens is 384 g/mol. The Bertz CT molecular complexity index is 1080. The maximum Gasteiger partial charge on any atom is 0.254 e. The molecule has 1 aromatic carbocycles. The van der Waals surface area contributed by atoms with Crippen molar-refractivity contribution in [2.45, 2.75) is 38.8 Å². The Morgan fingerprint density at radius 3 is 2.76 bits per heavy atom. The van der Waals surface area contributed by atoms with Gasteiger partial charge in [0.2, 0.25) is 0 Å². The Hall–Kier alpha value is -2.66. The van der Waals surface area contributed by atoms with E-state index in [2.05, 4.69) is 16.3 Å². The lowest BCUT2D eigenvalue weighted by Gasteiger charge is -2.10. The van der Waals surface area contributed by atoms with Crippen molar-refractivity contribution < 1.29 is 4.79 Å². The highest BCUT2D eigenvalue weighted by atomic mass is 35.5. The summed E-state index contributed by atoms with van der Waals surface area (Å²) in [4.78, 5) is 18.8. The van der Waals surface area contributed by atoms with Crippen molar-refractivity contribution in [1.82, 2.24) is 19.7 Å². The van der Waals surface area contributed by atoms with Crippen LogP contribution in [0.1, 0.15) is 41.6 Å². The van der Waals surface area contributed by atoms with Crippen LogP contribution in [0.5, 0.6) is 0 Å². The van der Waals surface area contributed by atoms with Gasteiger partial charge in [-0.15, -0.1) is 0 Å². The summed E-state index contributed by atoms with van der Waals surface area (Å²) < 4.78 is 2.05. The lowest BCUT2D eigenvalue weighted by Crippen LogP contribution is -2.17. The third-order valence-electron chi connectivity index (χ3n) is 6.09. The van der Waals surface area contributed by atoms with E-state index in [-0.39, 0.29) is 5.91 Å². The van der Waals surface area contributed by atoms with Crippen LogP contribution in [0, 0.1) is 5.92 Å². The maximum absolute atomic E-state index is 12.4. The fourth-order valence-corrected chi connectivity index (χ4v) is 4.69. The van der Waals surface area contributed by atoms with Gasteiger partial charge in [-0.1, -0.05) is 36.6 Å². The van der Waals surface area contributed by atoms with E-state index in [1.54, 1.807) is 11.0 Å². The largest absolute Gasteiger partial charge is 0.337 e. The zero-order valence-corrected chi connectivity index (χ0v) is 17.2. The van der Waals surface area contributed by atoms with Gasteiger partial charge in [0.25, 0.3) is 5.91 Å². The topological polar surface area (TPSA) is 51.0 Å². The highest BCUT2D eigenvalue weighted by Crippen LogP contribution is 2.34. The molecule has 0 bridgehead atoms. The molecular formula is C23H23ClN4O. The van der Waals surface area contributed by atoms with E-state index in [0.717, 1.165) is 46.0 Å². The van der Waals surface area contributed by atoms with E-state index in [1.165, 1.54) is 25.7 Å². The standard InChI is InChI=1S/C23H23ClN4O/c1-27-13-17-7-6-16(10-20(17)23(27)29)22-19(8-9-21(24)26-22)18-11-25-28(14-18)12-15-4-2-3-5-15/h6-11,14-15H,2-5,12-13H2,1H3. The molecule has 0 N–H and O–H groups in total. The molecule has 5 rings (SSSR count). The molecule has 5 nitrogen and oxygen atoms in total. The van der Waals surface area contributed by atoms with Crippen molar-refractivity contribution in [2.24, 2.45) is 5.92 Å². The number of benzene rings is 1. The number of aromatic nitrogens is 3. The van der Waals surface area contributed by atoms with Crippen molar-refractivity contribution in [1.29, 1.82) is 0 Å². The molecule has 0 radical (unpaired) electrons. The van der Waals surface area contributed by atoms with E-state index >= 15 is 0 Å². The van der Waals surface area contributed by atoms with Gasteiger partial charge in [0.05, 0.1) is 11.9 Å². The minimum absolute atomic E-state index is 0.0508. The number of hydrogen-bond donors (Lipinski definition) is 0. The van der Waals surface area contributed by atoms with Crippen molar-refractivity contribution >= 4 is 17.5 Å². The molecule has 2 aliphatic rings. The van der Waals surface area contributed by atoms with Crippen molar-refractivity contribution in [3.8, 4) is 22.4 Å². The van der Waals surface area contributed by atoms with E-state index in [4.69, 9.17) is 11.6 Å². The third-order valence-corrected chi connectivity index (χ3v) is 6.30. The number of carbonyl (C=O) groups excluding carboxylic acids is 1. The molecule has 29 heavy (non-hydrogen) atoms. The minimum atomic E-state index is 0.0508. The molecule has 2 aromatic heterocycles. The second-order valence-corrected chi connectivity index (χ2v) is 8.55. The molecule has 1 fully saturated rings. The zero-order valence-electron chi connectivity index (χ0n) is 16.4. The molecule has 148 valence electrons. The molecule has 1 amide bonds. The van der Waals surface area contributed by atoms with Crippen LogP contribution in [0.15, 0.2) is 42.7 Å². The fourth-order valence-electron chi connectivity index (χ4n) is 4.54. The van der Waals surface area contributed by atoms with Gasteiger partial charge in [0.15, 0.2) is 0 Å². The van der Waals surface area contributed by atoms with Crippen LogP contribution >= 0.6 is 11.6 Å². The van der Waals surface area contributed by atoms with E-state index in [0.29, 0.717) is 11.7 Å². The second kappa shape index (κ2) is 7.30. The van der Waals surface area contributed by atoms with Gasteiger partial charge in [0, 0.05) is 48.6 Å². The summed E-state index contributed by atoms with van der Waals surface area (Å²) in [5, 5.41) is 5.02. The summed E-state index contributed by atoms with van der Waals surface area (Å²) >= 11 is 6.23. The average Bonchev–Trinajstić information content (AvgIpc) is 3.45. The molecule has 6 heteroatoms. The average molecular weight is 407 g/mol. The van der Waals surface area contributed by atoms with Crippen LogP contribution in [0.3, 0.4) is 0 Å². The maximum atomic E-state index is 12.4. The van der Waals surface area contributed by atoms with Crippen LogP contribution < -0.4 is 0 Å². The predicted molar refractivity (Wildman–Crippen MR) is 114 cm³/mol. The summed E-state index contributed by atoms with van der Waals surface area (Å²) in [6, 6.07) is 9.77. The quantitative estimate of drug-likeness (QED) is 0.570. The van der Waals surface area contributed by atoms with Crippen LogP contribution in [0.25, 0.3) is 22.4 Å². The number of amides is 1. The molecule has 0 atom stereocenters. The van der Waals surface area contributed by atoms with E-state index in [9.17, 15) is 4.79 Å². The molecule has 1 aliphatic carbocycles. The molecule has 3 heterocycles. The van der Waals surface area contributed by atoms with Gasteiger partial charge in [0.1, 0.15) is 5.15 Å². The van der Waals surface area contributed by atoms with Gasteiger partial charge in [-0.3, -0.25) is 9.48 Å². The van der Waals surface area contributed by atoms with Crippen molar-refractivity contribution in [3.05, 3.63) is 59.0 Å². The Morgan fingerprint density at radius 2 is 1.93 bits per heavy atom. The molecule has 0 unspecified atom stereocenters. The lowest BCUT2D eigenvalue weighted by atomic mass is 9.98. The van der Waals surface area contributed by atoms with Gasteiger partial charge < -0.3 is 4.90 Å². The molecule has 1 saturated carbocycles. The number of fused-ring (bicyclic) bond motifs is 1. The monoisotopic (exact) mass is 406 g/mol. The first-order valence-corrected chi connectivity index (χ1v) is 10.5.